The first kappa shape index (κ1) is 16.2. The van der Waals surface area contributed by atoms with Crippen LogP contribution in [0.2, 0.25) is 0 Å². The molecular formula is C14H17N3O4S. The van der Waals surface area contributed by atoms with Crippen molar-refractivity contribution in [2.75, 3.05) is 11.6 Å². The molecule has 0 aliphatic rings. The zero-order valence-electron chi connectivity index (χ0n) is 12.5. The number of carbonyl (C=O) groups is 1. The number of amides is 1. The molecule has 1 N–H and O–H groups in total. The minimum absolute atomic E-state index is 0.0569. The predicted molar refractivity (Wildman–Crippen MR) is 80.1 cm³/mol. The largest absolute Gasteiger partial charge is 0.407 e. The van der Waals surface area contributed by atoms with Crippen LogP contribution in [0, 0.1) is 5.92 Å². The molecule has 0 spiro atoms. The molecule has 7 nitrogen and oxygen atoms in total. The van der Waals surface area contributed by atoms with Crippen molar-refractivity contribution in [3.8, 4) is 0 Å². The average molecular weight is 323 g/mol. The van der Waals surface area contributed by atoms with Crippen LogP contribution in [0.5, 0.6) is 0 Å². The number of benzene rings is 1. The Morgan fingerprint density at radius 1 is 1.23 bits per heavy atom. The van der Waals surface area contributed by atoms with Gasteiger partial charge < -0.3 is 4.42 Å². The molecule has 22 heavy (non-hydrogen) atoms. The van der Waals surface area contributed by atoms with Crippen LogP contribution >= 0.6 is 0 Å². The molecule has 2 aromatic rings. The van der Waals surface area contributed by atoms with Crippen LogP contribution in [0.25, 0.3) is 0 Å². The summed E-state index contributed by atoms with van der Waals surface area (Å²) in [5.41, 5.74) is 0.831. The Bertz CT molecular complexity index is 764. The number of hydrogen-bond donors (Lipinski definition) is 1. The second-order valence-electron chi connectivity index (χ2n) is 5.24. The smallest absolute Gasteiger partial charge is 0.322 e. The first-order valence-electron chi connectivity index (χ1n) is 6.68. The van der Waals surface area contributed by atoms with Crippen LogP contribution in [-0.4, -0.2) is 30.8 Å². The van der Waals surface area contributed by atoms with Crippen molar-refractivity contribution in [2.45, 2.75) is 25.2 Å². The maximum Gasteiger partial charge on any atom is 0.322 e. The Morgan fingerprint density at radius 3 is 2.41 bits per heavy atom. The molecule has 0 aliphatic heterocycles. The average Bonchev–Trinajstić information content (AvgIpc) is 2.85. The molecule has 1 amide bonds. The van der Waals surface area contributed by atoms with Gasteiger partial charge in [-0.05, 0) is 17.7 Å². The molecule has 0 radical (unpaired) electrons. The highest BCUT2D eigenvalue weighted by molar-refractivity contribution is 7.90. The van der Waals surface area contributed by atoms with E-state index in [1.54, 1.807) is 26.0 Å². The van der Waals surface area contributed by atoms with Crippen LogP contribution < -0.4 is 5.32 Å². The molecule has 0 saturated heterocycles. The van der Waals surface area contributed by atoms with Crippen LogP contribution in [0.1, 0.15) is 25.3 Å². The zero-order chi connectivity index (χ0) is 16.3. The Morgan fingerprint density at radius 2 is 1.86 bits per heavy atom. The minimum atomic E-state index is -3.21. The number of aromatic nitrogens is 2. The van der Waals surface area contributed by atoms with Crippen LogP contribution in [0.15, 0.2) is 33.6 Å². The van der Waals surface area contributed by atoms with Crippen molar-refractivity contribution in [3.63, 3.8) is 0 Å². The number of sulfone groups is 1. The Kier molecular flexibility index (Phi) is 4.60. The van der Waals surface area contributed by atoms with Crippen molar-refractivity contribution >= 4 is 21.8 Å². The Hall–Kier alpha value is -2.22. The zero-order valence-corrected chi connectivity index (χ0v) is 13.3. The fourth-order valence-corrected chi connectivity index (χ4v) is 2.28. The van der Waals surface area contributed by atoms with Gasteiger partial charge in [0.25, 0.3) is 0 Å². The third kappa shape index (κ3) is 4.14. The second-order valence-corrected chi connectivity index (χ2v) is 7.25. The summed E-state index contributed by atoms with van der Waals surface area (Å²) in [4.78, 5) is 11.8. The normalized spacial score (nSPS) is 11.6. The summed E-state index contributed by atoms with van der Waals surface area (Å²) in [5, 5.41) is 10.1. The third-order valence-electron chi connectivity index (χ3n) is 2.93. The molecule has 0 atom stereocenters. The minimum Gasteiger partial charge on any atom is -0.407 e. The van der Waals surface area contributed by atoms with Crippen LogP contribution in [0.4, 0.5) is 6.01 Å². The highest BCUT2D eigenvalue weighted by Gasteiger charge is 2.13. The molecule has 0 aliphatic carbocycles. The summed E-state index contributed by atoms with van der Waals surface area (Å²) in [6, 6.07) is 6.49. The number of nitrogens with one attached hydrogen (secondary N) is 1. The van der Waals surface area contributed by atoms with Gasteiger partial charge >= 0.3 is 6.01 Å². The van der Waals surface area contributed by atoms with Crippen molar-refractivity contribution < 1.29 is 17.6 Å². The van der Waals surface area contributed by atoms with Gasteiger partial charge in [0.1, 0.15) is 0 Å². The number of hydrogen-bond acceptors (Lipinski definition) is 6. The molecule has 2 rings (SSSR count). The summed E-state index contributed by atoms with van der Waals surface area (Å²) < 4.78 is 28.1. The molecule has 0 bridgehead atoms. The number of rotatable bonds is 5. The molecular weight excluding hydrogens is 306 g/mol. The third-order valence-corrected chi connectivity index (χ3v) is 4.06. The van der Waals surface area contributed by atoms with Crippen molar-refractivity contribution in [1.29, 1.82) is 0 Å². The lowest BCUT2D eigenvalue weighted by Crippen LogP contribution is -2.17. The lowest BCUT2D eigenvalue weighted by atomic mass is 10.1. The molecule has 118 valence electrons. The van der Waals surface area contributed by atoms with E-state index in [4.69, 9.17) is 4.42 Å². The fourth-order valence-electron chi connectivity index (χ4n) is 1.65. The van der Waals surface area contributed by atoms with Crippen molar-refractivity contribution in [3.05, 3.63) is 35.7 Å². The molecule has 1 aromatic carbocycles. The van der Waals surface area contributed by atoms with E-state index in [-0.39, 0.29) is 22.7 Å². The highest BCUT2D eigenvalue weighted by Crippen LogP contribution is 2.15. The quantitative estimate of drug-likeness (QED) is 0.897. The molecule has 1 heterocycles. The van der Waals surface area contributed by atoms with E-state index in [2.05, 4.69) is 15.5 Å². The van der Waals surface area contributed by atoms with E-state index in [1.165, 1.54) is 12.1 Å². The molecule has 8 heteroatoms. The molecule has 0 fully saturated rings. The molecule has 0 saturated carbocycles. The number of anilines is 1. The predicted octanol–water partition coefficient (Wildman–Crippen LogP) is 1.66. The van der Waals surface area contributed by atoms with E-state index >= 15 is 0 Å². The summed E-state index contributed by atoms with van der Waals surface area (Å²) in [6.07, 6.45) is 1.51. The van der Waals surface area contributed by atoms with Gasteiger partial charge in [-0.3, -0.25) is 10.1 Å². The maximum absolute atomic E-state index is 11.5. The van der Waals surface area contributed by atoms with Gasteiger partial charge in [0.05, 0.1) is 11.3 Å². The van der Waals surface area contributed by atoms with Crippen molar-refractivity contribution in [1.82, 2.24) is 10.2 Å². The second kappa shape index (κ2) is 6.27. The van der Waals surface area contributed by atoms with Crippen molar-refractivity contribution in [2.24, 2.45) is 5.92 Å². The van der Waals surface area contributed by atoms with Gasteiger partial charge in [0, 0.05) is 12.2 Å². The first-order chi connectivity index (χ1) is 10.3. The number of nitrogens with zero attached hydrogens (tertiary/aromatic N) is 2. The topological polar surface area (TPSA) is 102 Å². The summed E-state index contributed by atoms with van der Waals surface area (Å²) in [6.45, 7) is 3.52. The van der Waals surface area contributed by atoms with Gasteiger partial charge in [0.15, 0.2) is 9.84 Å². The van der Waals surface area contributed by atoms with E-state index in [1.807, 2.05) is 0 Å². The lowest BCUT2D eigenvalue weighted by molar-refractivity contribution is -0.119. The van der Waals surface area contributed by atoms with E-state index in [0.29, 0.717) is 12.3 Å². The lowest BCUT2D eigenvalue weighted by Gasteiger charge is -2.02. The highest BCUT2D eigenvalue weighted by atomic mass is 32.2. The SMILES string of the molecule is CC(C)C(=O)Nc1nnc(Cc2ccc(S(C)(=O)=O)cc2)o1. The first-order valence-corrected chi connectivity index (χ1v) is 8.57. The van der Waals surface area contributed by atoms with Gasteiger partial charge in [-0.1, -0.05) is 31.1 Å². The maximum atomic E-state index is 11.5. The van der Waals surface area contributed by atoms with E-state index in [9.17, 15) is 13.2 Å². The Labute approximate surface area is 128 Å². The standard InChI is InChI=1S/C14H17N3O4S/c1-9(2)13(18)15-14-17-16-12(21-14)8-10-4-6-11(7-5-10)22(3,19)20/h4-7,9H,8H2,1-3H3,(H,15,17,18). The van der Waals surface area contributed by atoms with E-state index < -0.39 is 9.84 Å². The monoisotopic (exact) mass is 323 g/mol. The Balaban J connectivity index is 2.05. The van der Waals surface area contributed by atoms with Gasteiger partial charge in [-0.2, -0.15) is 0 Å². The fraction of sp³-hybridized carbons (Fsp3) is 0.357. The number of carbonyl (C=O) groups excluding carboxylic acids is 1. The van der Waals surface area contributed by atoms with Crippen LogP contribution in [-0.2, 0) is 21.1 Å². The van der Waals surface area contributed by atoms with Gasteiger partial charge in [-0.15, -0.1) is 5.10 Å². The van der Waals surface area contributed by atoms with Gasteiger partial charge in [0.2, 0.25) is 11.8 Å². The van der Waals surface area contributed by atoms with Crippen LogP contribution in [0.3, 0.4) is 0 Å². The summed E-state index contributed by atoms with van der Waals surface area (Å²) in [7, 11) is -3.21. The summed E-state index contributed by atoms with van der Waals surface area (Å²) in [5.74, 6) is -0.0437. The van der Waals surface area contributed by atoms with E-state index in [0.717, 1.165) is 11.8 Å². The summed E-state index contributed by atoms with van der Waals surface area (Å²) >= 11 is 0. The molecule has 1 aromatic heterocycles. The molecule has 0 unspecified atom stereocenters. The van der Waals surface area contributed by atoms with Gasteiger partial charge in [-0.25, -0.2) is 8.42 Å².